The van der Waals surface area contributed by atoms with E-state index in [4.69, 9.17) is 21.1 Å². The van der Waals surface area contributed by atoms with Gasteiger partial charge in [-0.3, -0.25) is 4.79 Å². The summed E-state index contributed by atoms with van der Waals surface area (Å²) >= 11 is 8.17. The van der Waals surface area contributed by atoms with Gasteiger partial charge in [-0.25, -0.2) is 0 Å². The van der Waals surface area contributed by atoms with Crippen molar-refractivity contribution in [1.82, 2.24) is 4.90 Å². The zero-order valence-corrected chi connectivity index (χ0v) is 26.0. The summed E-state index contributed by atoms with van der Waals surface area (Å²) in [5.74, 6) is 1.88. The third-order valence-electron chi connectivity index (χ3n) is 7.02. The summed E-state index contributed by atoms with van der Waals surface area (Å²) in [6, 6.07) is 13.2. The fourth-order valence-electron chi connectivity index (χ4n) is 4.75. The molecular weight excluding hydrogens is 540 g/mol. The molecule has 1 heterocycles. The molecular formula is C33H47ClN2O3S. The highest BCUT2D eigenvalue weighted by Crippen LogP contribution is 2.30. The molecule has 5 nitrogen and oxygen atoms in total. The van der Waals surface area contributed by atoms with Crippen molar-refractivity contribution in [1.29, 1.82) is 0 Å². The van der Waals surface area contributed by atoms with Crippen LogP contribution >= 0.6 is 23.4 Å². The third kappa shape index (κ3) is 12.5. The van der Waals surface area contributed by atoms with E-state index < -0.39 is 0 Å². The van der Waals surface area contributed by atoms with Crippen LogP contribution in [0.1, 0.15) is 96.5 Å². The number of para-hydroxylation sites is 1. The molecule has 0 unspecified atom stereocenters. The number of hydrogen-bond donors (Lipinski definition) is 1. The number of anilines is 1. The van der Waals surface area contributed by atoms with Crippen molar-refractivity contribution in [2.45, 2.75) is 97.4 Å². The minimum Gasteiger partial charge on any atom is -0.492 e. The van der Waals surface area contributed by atoms with Crippen molar-refractivity contribution < 1.29 is 14.3 Å². The van der Waals surface area contributed by atoms with E-state index in [9.17, 15) is 4.79 Å². The summed E-state index contributed by atoms with van der Waals surface area (Å²) in [6.07, 6.45) is 17.9. The normalized spacial score (nSPS) is 12.9. The monoisotopic (exact) mass is 586 g/mol. The quantitative estimate of drug-likeness (QED) is 0.156. The van der Waals surface area contributed by atoms with Gasteiger partial charge in [0.05, 0.1) is 17.5 Å². The Morgan fingerprint density at radius 2 is 1.60 bits per heavy atom. The Labute approximate surface area is 251 Å². The largest absolute Gasteiger partial charge is 0.492 e. The fraction of sp³-hybridized carbons (Fsp3) is 0.545. The number of benzene rings is 2. The fourth-order valence-corrected chi connectivity index (χ4v) is 5.68. The van der Waals surface area contributed by atoms with Crippen LogP contribution in [-0.2, 0) is 11.3 Å². The van der Waals surface area contributed by atoms with Gasteiger partial charge in [0.25, 0.3) is 5.91 Å². The first kappa shape index (κ1) is 32.2. The van der Waals surface area contributed by atoms with Crippen molar-refractivity contribution in [3.05, 3.63) is 64.2 Å². The maximum Gasteiger partial charge on any atom is 0.262 e. The molecule has 2 aromatic rings. The highest BCUT2D eigenvalue weighted by atomic mass is 35.5. The molecule has 220 valence electrons. The Bertz CT molecular complexity index is 1060. The first-order chi connectivity index (χ1) is 19.5. The maximum absolute atomic E-state index is 12.7. The van der Waals surface area contributed by atoms with Gasteiger partial charge in [0.2, 0.25) is 0 Å². The summed E-state index contributed by atoms with van der Waals surface area (Å²) in [7, 11) is 0. The molecule has 0 bridgehead atoms. The molecule has 0 saturated heterocycles. The molecule has 7 heteroatoms. The van der Waals surface area contributed by atoms with E-state index in [1.54, 1.807) is 18.2 Å². The summed E-state index contributed by atoms with van der Waals surface area (Å²) in [5.41, 5.74) is 1.88. The Morgan fingerprint density at radius 3 is 2.27 bits per heavy atom. The van der Waals surface area contributed by atoms with Crippen molar-refractivity contribution in [3.63, 3.8) is 0 Å². The van der Waals surface area contributed by atoms with Gasteiger partial charge < -0.3 is 19.7 Å². The van der Waals surface area contributed by atoms with Crippen LogP contribution in [0.2, 0.25) is 5.02 Å². The molecule has 0 fully saturated rings. The topological polar surface area (TPSA) is 50.8 Å². The molecule has 3 rings (SSSR count). The van der Waals surface area contributed by atoms with E-state index in [1.807, 2.05) is 36.0 Å². The lowest BCUT2D eigenvalue weighted by Crippen LogP contribution is -2.22. The van der Waals surface area contributed by atoms with Crippen LogP contribution in [0.3, 0.4) is 0 Å². The van der Waals surface area contributed by atoms with Crippen molar-refractivity contribution in [2.24, 2.45) is 0 Å². The Kier molecular flexibility index (Phi) is 15.2. The number of halogens is 1. The molecule has 0 aromatic heterocycles. The van der Waals surface area contributed by atoms with Gasteiger partial charge in [-0.2, -0.15) is 0 Å². The molecule has 1 N–H and O–H groups in total. The van der Waals surface area contributed by atoms with Gasteiger partial charge in [-0.05, 0) is 42.0 Å². The Morgan fingerprint density at radius 1 is 0.925 bits per heavy atom. The number of nitrogens with zero attached hydrogens (tertiary/aromatic N) is 1. The number of thioether (sulfide) groups is 1. The summed E-state index contributed by atoms with van der Waals surface area (Å²) in [4.78, 5) is 16.2. The van der Waals surface area contributed by atoms with Crippen LogP contribution in [0.4, 0.5) is 5.69 Å². The smallest absolute Gasteiger partial charge is 0.262 e. The first-order valence-electron chi connectivity index (χ1n) is 15.0. The average molecular weight is 587 g/mol. The Hall–Kier alpha value is -2.31. The van der Waals surface area contributed by atoms with E-state index in [0.717, 1.165) is 30.1 Å². The summed E-state index contributed by atoms with van der Waals surface area (Å²) < 4.78 is 11.7. The van der Waals surface area contributed by atoms with Crippen molar-refractivity contribution in [3.8, 4) is 11.5 Å². The second kappa shape index (κ2) is 18.9. The van der Waals surface area contributed by atoms with Gasteiger partial charge in [0.1, 0.15) is 11.5 Å². The van der Waals surface area contributed by atoms with Crippen LogP contribution in [0.25, 0.3) is 0 Å². The molecule has 0 spiro atoms. The number of amides is 1. The standard InChI is InChI=1S/C33H47ClN2O3S/c1-3-4-5-6-7-8-9-10-11-12-13-16-21-38-32-22-29(19-20-30(32)34)39-25-33(37)35-31-18-15-14-17-28(31)24-36-23-27(2)40-26-36/h14-15,17-20,22-23H,3-13,16,21,24-26H2,1-2H3,(H,35,37). The lowest BCUT2D eigenvalue weighted by Gasteiger charge is -2.18. The molecule has 0 radical (unpaired) electrons. The number of hydrogen-bond acceptors (Lipinski definition) is 5. The second-order valence-corrected chi connectivity index (χ2v) is 12.2. The van der Waals surface area contributed by atoms with Gasteiger partial charge in [-0.1, -0.05) is 107 Å². The Balaban J connectivity index is 1.32. The highest BCUT2D eigenvalue weighted by Gasteiger charge is 2.14. The molecule has 1 aliphatic rings. The minimum atomic E-state index is -0.205. The molecule has 0 atom stereocenters. The zero-order valence-electron chi connectivity index (χ0n) is 24.4. The van der Waals surface area contributed by atoms with Crippen LogP contribution in [-0.4, -0.2) is 29.9 Å². The SMILES string of the molecule is CCCCCCCCCCCCCCOc1cc(OCC(=O)Nc2ccccc2CN2C=C(C)SC2)ccc1Cl. The van der Waals surface area contributed by atoms with E-state index in [1.165, 1.54) is 75.5 Å². The number of ether oxygens (including phenoxy) is 2. The molecule has 0 aliphatic carbocycles. The van der Waals surface area contributed by atoms with E-state index in [0.29, 0.717) is 23.1 Å². The number of nitrogens with one attached hydrogen (secondary N) is 1. The number of carbonyl (C=O) groups is 1. The number of rotatable bonds is 20. The van der Waals surface area contributed by atoms with Crippen LogP contribution in [0.15, 0.2) is 53.6 Å². The lowest BCUT2D eigenvalue weighted by molar-refractivity contribution is -0.118. The average Bonchev–Trinajstić information content (AvgIpc) is 3.36. The van der Waals surface area contributed by atoms with Crippen LogP contribution in [0.5, 0.6) is 11.5 Å². The first-order valence-corrected chi connectivity index (χ1v) is 16.4. The predicted octanol–water partition coefficient (Wildman–Crippen LogP) is 9.80. The van der Waals surface area contributed by atoms with Crippen molar-refractivity contribution in [2.75, 3.05) is 24.4 Å². The highest BCUT2D eigenvalue weighted by molar-refractivity contribution is 8.03. The minimum absolute atomic E-state index is 0.0906. The van der Waals surface area contributed by atoms with Crippen LogP contribution < -0.4 is 14.8 Å². The van der Waals surface area contributed by atoms with E-state index in [2.05, 4.69) is 30.3 Å². The van der Waals surface area contributed by atoms with E-state index in [-0.39, 0.29) is 12.5 Å². The molecule has 40 heavy (non-hydrogen) atoms. The zero-order chi connectivity index (χ0) is 28.4. The van der Waals surface area contributed by atoms with Gasteiger partial charge in [0.15, 0.2) is 6.61 Å². The van der Waals surface area contributed by atoms with Crippen LogP contribution in [0, 0.1) is 0 Å². The number of carbonyl (C=O) groups excluding carboxylic acids is 1. The van der Waals surface area contributed by atoms with Crippen molar-refractivity contribution >= 4 is 35.0 Å². The molecule has 1 aliphatic heterocycles. The predicted molar refractivity (Wildman–Crippen MR) is 170 cm³/mol. The molecule has 2 aromatic carbocycles. The van der Waals surface area contributed by atoms with Gasteiger partial charge in [-0.15, -0.1) is 11.8 Å². The summed E-state index contributed by atoms with van der Waals surface area (Å²) in [5, 5.41) is 3.55. The second-order valence-electron chi connectivity index (χ2n) is 10.6. The summed E-state index contributed by atoms with van der Waals surface area (Å²) in [6.45, 7) is 5.67. The van der Waals surface area contributed by atoms with Gasteiger partial charge >= 0.3 is 0 Å². The lowest BCUT2D eigenvalue weighted by atomic mass is 10.1. The number of allylic oxidation sites excluding steroid dienone is 1. The van der Waals surface area contributed by atoms with Gasteiger partial charge in [0, 0.05) is 24.5 Å². The number of unbranched alkanes of at least 4 members (excludes halogenated alkanes) is 11. The van der Waals surface area contributed by atoms with E-state index >= 15 is 0 Å². The molecule has 1 amide bonds. The third-order valence-corrected chi connectivity index (χ3v) is 8.35. The molecule has 0 saturated carbocycles. The maximum atomic E-state index is 12.7.